The molecule has 146 valence electrons. The monoisotopic (exact) mass is 366 g/mol. The molecule has 0 unspecified atom stereocenters. The predicted octanol–water partition coefficient (Wildman–Crippen LogP) is 1.99. The molecule has 0 aliphatic carbocycles. The van der Waals surface area contributed by atoms with E-state index in [0.717, 1.165) is 5.56 Å². The van der Waals surface area contributed by atoms with Gasteiger partial charge in [0.1, 0.15) is 17.1 Å². The molecule has 7 nitrogen and oxygen atoms in total. The van der Waals surface area contributed by atoms with Crippen molar-refractivity contribution in [2.75, 3.05) is 6.61 Å². The number of benzene rings is 1. The highest BCUT2D eigenvalue weighted by molar-refractivity contribution is 5.70. The van der Waals surface area contributed by atoms with Crippen LogP contribution >= 0.6 is 0 Å². The zero-order valence-corrected chi connectivity index (χ0v) is 16.1. The average Bonchev–Trinajstić information content (AvgIpc) is 2.80. The number of aromatic hydroxyl groups is 1. The molecule has 26 heavy (non-hydrogen) atoms. The van der Waals surface area contributed by atoms with Gasteiger partial charge in [0.05, 0.1) is 18.8 Å². The van der Waals surface area contributed by atoms with Crippen LogP contribution in [-0.2, 0) is 15.9 Å². The van der Waals surface area contributed by atoms with Gasteiger partial charge >= 0.3 is 6.09 Å². The second kappa shape index (κ2) is 7.42. The standard InChI is InChI=1S/C19H30N2O5/c1-18(2,3)26-17(24)21-15(11-25-19(21,4)5)16(23)14(20)10-12-7-6-8-13(22)9-12/h6-9,14-16,22-23H,10-11,20H2,1-5H3/t14-,15+,16-/m0/s1. The number of phenolic OH excluding ortho intramolecular Hbond substituents is 1. The number of carbonyl (C=O) groups excluding carboxylic acids is 1. The van der Waals surface area contributed by atoms with Gasteiger partial charge in [-0.05, 0) is 58.7 Å². The Morgan fingerprint density at radius 1 is 1.46 bits per heavy atom. The molecule has 0 radical (unpaired) electrons. The van der Waals surface area contributed by atoms with Crippen LogP contribution < -0.4 is 5.73 Å². The summed E-state index contributed by atoms with van der Waals surface area (Å²) in [5.41, 5.74) is 5.43. The van der Waals surface area contributed by atoms with Crippen LogP contribution in [0.4, 0.5) is 4.79 Å². The largest absolute Gasteiger partial charge is 0.508 e. The van der Waals surface area contributed by atoms with Gasteiger partial charge < -0.3 is 25.4 Å². The lowest BCUT2D eigenvalue weighted by molar-refractivity contribution is -0.0687. The average molecular weight is 366 g/mol. The lowest BCUT2D eigenvalue weighted by Crippen LogP contribution is -2.57. The molecule has 0 aromatic heterocycles. The van der Waals surface area contributed by atoms with E-state index < -0.39 is 35.6 Å². The number of amides is 1. The van der Waals surface area contributed by atoms with Crippen molar-refractivity contribution >= 4 is 6.09 Å². The van der Waals surface area contributed by atoms with Crippen LogP contribution in [0, 0.1) is 0 Å². The molecule has 1 aliphatic heterocycles. The molecular weight excluding hydrogens is 336 g/mol. The number of nitrogens with two attached hydrogens (primary N) is 1. The summed E-state index contributed by atoms with van der Waals surface area (Å²) < 4.78 is 11.2. The molecule has 0 spiro atoms. The summed E-state index contributed by atoms with van der Waals surface area (Å²) in [6, 6.07) is 5.47. The molecule has 1 aliphatic rings. The summed E-state index contributed by atoms with van der Waals surface area (Å²) in [4.78, 5) is 14.1. The van der Waals surface area contributed by atoms with Crippen molar-refractivity contribution in [3.8, 4) is 5.75 Å². The summed E-state index contributed by atoms with van der Waals surface area (Å²) in [5.74, 6) is 0.143. The number of nitrogens with zero attached hydrogens (tertiary/aromatic N) is 1. The van der Waals surface area contributed by atoms with Gasteiger partial charge in [-0.25, -0.2) is 4.79 Å². The van der Waals surface area contributed by atoms with Crippen molar-refractivity contribution in [1.29, 1.82) is 0 Å². The fourth-order valence-corrected chi connectivity index (χ4v) is 3.11. The molecule has 1 amide bonds. The van der Waals surface area contributed by atoms with E-state index in [1.54, 1.807) is 52.8 Å². The van der Waals surface area contributed by atoms with Gasteiger partial charge in [-0.15, -0.1) is 0 Å². The van der Waals surface area contributed by atoms with Gasteiger partial charge in [0.25, 0.3) is 0 Å². The van der Waals surface area contributed by atoms with E-state index >= 15 is 0 Å². The summed E-state index contributed by atoms with van der Waals surface area (Å²) in [7, 11) is 0. The molecule has 1 fully saturated rings. The van der Waals surface area contributed by atoms with Gasteiger partial charge in [-0.3, -0.25) is 4.90 Å². The Labute approximate surface area is 154 Å². The highest BCUT2D eigenvalue weighted by Crippen LogP contribution is 2.31. The summed E-state index contributed by atoms with van der Waals surface area (Å²) >= 11 is 0. The third-order valence-electron chi connectivity index (χ3n) is 4.32. The van der Waals surface area contributed by atoms with E-state index in [2.05, 4.69) is 0 Å². The number of ether oxygens (including phenoxy) is 2. The number of carbonyl (C=O) groups is 1. The van der Waals surface area contributed by atoms with Gasteiger partial charge in [0.2, 0.25) is 0 Å². The van der Waals surface area contributed by atoms with Gasteiger partial charge in [0, 0.05) is 6.04 Å². The topological polar surface area (TPSA) is 105 Å². The number of rotatable bonds is 4. The summed E-state index contributed by atoms with van der Waals surface area (Å²) in [6.45, 7) is 9.03. The lowest BCUT2D eigenvalue weighted by Gasteiger charge is -2.37. The molecule has 1 saturated heterocycles. The molecule has 1 heterocycles. The van der Waals surface area contributed by atoms with Crippen molar-refractivity contribution in [3.05, 3.63) is 29.8 Å². The second-order valence-electron chi connectivity index (χ2n) is 8.20. The minimum Gasteiger partial charge on any atom is -0.508 e. The first-order chi connectivity index (χ1) is 11.9. The maximum absolute atomic E-state index is 12.7. The van der Waals surface area contributed by atoms with Crippen LogP contribution in [-0.4, -0.2) is 57.3 Å². The first-order valence-electron chi connectivity index (χ1n) is 8.78. The van der Waals surface area contributed by atoms with Crippen molar-refractivity contribution in [3.63, 3.8) is 0 Å². The molecule has 1 aromatic rings. The molecule has 3 atom stereocenters. The number of aliphatic hydroxyl groups excluding tert-OH is 1. The van der Waals surface area contributed by atoms with Crippen molar-refractivity contribution in [2.45, 2.75) is 70.6 Å². The van der Waals surface area contributed by atoms with Crippen LogP contribution in [0.2, 0.25) is 0 Å². The van der Waals surface area contributed by atoms with Crippen LogP contribution in [0.5, 0.6) is 5.75 Å². The molecule has 2 rings (SSSR count). The van der Waals surface area contributed by atoms with Crippen molar-refractivity contribution in [2.24, 2.45) is 5.73 Å². The first kappa shape index (κ1) is 20.5. The fraction of sp³-hybridized carbons (Fsp3) is 0.632. The minimum absolute atomic E-state index is 0.143. The van der Waals surface area contributed by atoms with E-state index in [0.29, 0.717) is 6.42 Å². The summed E-state index contributed by atoms with van der Waals surface area (Å²) in [5, 5.41) is 20.4. The Kier molecular flexibility index (Phi) is 5.85. The Hall–Kier alpha value is -1.83. The van der Waals surface area contributed by atoms with E-state index in [9.17, 15) is 15.0 Å². The zero-order chi connectivity index (χ0) is 19.7. The highest BCUT2D eigenvalue weighted by atomic mass is 16.6. The van der Waals surface area contributed by atoms with Crippen molar-refractivity contribution in [1.82, 2.24) is 4.90 Å². The minimum atomic E-state index is -1.01. The Balaban J connectivity index is 2.14. The van der Waals surface area contributed by atoms with Gasteiger partial charge in [-0.2, -0.15) is 0 Å². The molecule has 7 heteroatoms. The molecular formula is C19H30N2O5. The Bertz CT molecular complexity index is 641. The fourth-order valence-electron chi connectivity index (χ4n) is 3.11. The summed E-state index contributed by atoms with van der Waals surface area (Å²) in [6.07, 6.45) is -1.20. The normalized spacial score (nSPS) is 22.1. The lowest BCUT2D eigenvalue weighted by atomic mass is 9.96. The Morgan fingerprint density at radius 2 is 2.12 bits per heavy atom. The number of hydrogen-bond acceptors (Lipinski definition) is 6. The van der Waals surface area contributed by atoms with E-state index in [4.69, 9.17) is 15.2 Å². The molecule has 0 bridgehead atoms. The maximum Gasteiger partial charge on any atom is 0.412 e. The second-order valence-corrected chi connectivity index (χ2v) is 8.20. The number of aliphatic hydroxyl groups is 1. The third-order valence-corrected chi connectivity index (χ3v) is 4.32. The number of phenols is 1. The quantitative estimate of drug-likeness (QED) is 0.753. The van der Waals surface area contributed by atoms with Gasteiger partial charge in [0.15, 0.2) is 0 Å². The SMILES string of the molecule is CC(C)(C)OC(=O)N1[C@@H]([C@@H](O)[C@@H](N)Cc2cccc(O)c2)COC1(C)C. The maximum atomic E-state index is 12.7. The number of hydrogen-bond donors (Lipinski definition) is 3. The van der Waals surface area contributed by atoms with Crippen molar-refractivity contribution < 1.29 is 24.5 Å². The van der Waals surface area contributed by atoms with E-state index in [1.165, 1.54) is 4.90 Å². The molecule has 4 N–H and O–H groups in total. The smallest absolute Gasteiger partial charge is 0.412 e. The van der Waals surface area contributed by atoms with Crippen LogP contribution in [0.3, 0.4) is 0 Å². The van der Waals surface area contributed by atoms with Gasteiger partial charge in [-0.1, -0.05) is 12.1 Å². The zero-order valence-electron chi connectivity index (χ0n) is 16.1. The van der Waals surface area contributed by atoms with E-state index in [-0.39, 0.29) is 12.4 Å². The van der Waals surface area contributed by atoms with E-state index in [1.807, 2.05) is 6.07 Å². The van der Waals surface area contributed by atoms with Crippen LogP contribution in [0.25, 0.3) is 0 Å². The molecule has 1 aromatic carbocycles. The first-order valence-corrected chi connectivity index (χ1v) is 8.78. The predicted molar refractivity (Wildman–Crippen MR) is 97.7 cm³/mol. The van der Waals surface area contributed by atoms with Crippen LogP contribution in [0.15, 0.2) is 24.3 Å². The third kappa shape index (κ3) is 4.87. The molecule has 0 saturated carbocycles. The Morgan fingerprint density at radius 3 is 2.69 bits per heavy atom. The highest BCUT2D eigenvalue weighted by Gasteiger charge is 2.49. The van der Waals surface area contributed by atoms with Crippen LogP contribution in [0.1, 0.15) is 40.2 Å².